The topological polar surface area (TPSA) is 135 Å². The van der Waals surface area contributed by atoms with Crippen molar-refractivity contribution in [3.63, 3.8) is 0 Å². The van der Waals surface area contributed by atoms with Gasteiger partial charge in [-0.1, -0.05) is 72.8 Å². The molecule has 0 bridgehead atoms. The van der Waals surface area contributed by atoms with Crippen LogP contribution in [0.2, 0.25) is 0 Å². The molecule has 1 amide bonds. The molecule has 2 aromatic rings. The van der Waals surface area contributed by atoms with E-state index in [0.717, 1.165) is 11.1 Å². The second-order valence-corrected chi connectivity index (χ2v) is 9.14. The summed E-state index contributed by atoms with van der Waals surface area (Å²) in [6.45, 7) is 1.24. The zero-order valence-electron chi connectivity index (χ0n) is 21.0. The summed E-state index contributed by atoms with van der Waals surface area (Å²) in [4.78, 5) is 24.8. The monoisotopic (exact) mass is 513 g/mol. The van der Waals surface area contributed by atoms with Crippen LogP contribution in [-0.4, -0.2) is 77.0 Å². The Morgan fingerprint density at radius 3 is 2.41 bits per heavy atom. The maximum Gasteiger partial charge on any atom is 0.338 e. The van der Waals surface area contributed by atoms with Gasteiger partial charge in [0.25, 0.3) is 0 Å². The minimum Gasteiger partial charge on any atom is -0.467 e. The van der Waals surface area contributed by atoms with Crippen molar-refractivity contribution in [1.82, 2.24) is 5.32 Å². The molecule has 1 aliphatic heterocycles. The van der Waals surface area contributed by atoms with Gasteiger partial charge in [0.2, 0.25) is 5.91 Å². The molecule has 9 nitrogen and oxygen atoms in total. The van der Waals surface area contributed by atoms with Crippen LogP contribution < -0.4 is 5.32 Å². The summed E-state index contributed by atoms with van der Waals surface area (Å²) in [5, 5.41) is 35.3. The van der Waals surface area contributed by atoms with E-state index in [1.165, 1.54) is 14.0 Å². The van der Waals surface area contributed by atoms with Crippen molar-refractivity contribution in [3.8, 4) is 0 Å². The second kappa shape index (κ2) is 13.5. The maximum absolute atomic E-state index is 12.9. The number of benzene rings is 2. The maximum atomic E-state index is 12.9. The molecule has 0 unspecified atom stereocenters. The lowest BCUT2D eigenvalue weighted by molar-refractivity contribution is -0.231. The Bertz CT molecular complexity index is 1030. The predicted octanol–water partition coefficient (Wildman–Crippen LogP) is 1.59. The Kier molecular flexibility index (Phi) is 10.4. The Labute approximate surface area is 216 Å². The third-order valence-corrected chi connectivity index (χ3v) is 6.28. The Balaban J connectivity index is 1.79. The van der Waals surface area contributed by atoms with Gasteiger partial charge in [0.05, 0.1) is 32.5 Å². The number of aliphatic hydroxyl groups excluding tert-OH is 3. The minimum atomic E-state index is -1.65. The third kappa shape index (κ3) is 7.70. The summed E-state index contributed by atoms with van der Waals surface area (Å²) in [6.07, 6.45) is -2.24. The zero-order valence-corrected chi connectivity index (χ0v) is 21.0. The zero-order chi connectivity index (χ0) is 26.8. The Hall–Kier alpha value is -3.08. The Morgan fingerprint density at radius 1 is 1.14 bits per heavy atom. The average Bonchev–Trinajstić information content (AvgIpc) is 2.90. The highest BCUT2D eigenvalue weighted by Gasteiger charge is 2.54. The van der Waals surface area contributed by atoms with Gasteiger partial charge in [-0.05, 0) is 11.1 Å². The van der Waals surface area contributed by atoms with Crippen LogP contribution >= 0.6 is 0 Å². The molecule has 0 saturated carbocycles. The van der Waals surface area contributed by atoms with Gasteiger partial charge in [-0.15, -0.1) is 0 Å². The molecule has 1 aliphatic rings. The van der Waals surface area contributed by atoms with E-state index >= 15 is 0 Å². The number of methoxy groups -OCH3 is 1. The smallest absolute Gasteiger partial charge is 0.338 e. The van der Waals surface area contributed by atoms with E-state index in [1.54, 1.807) is 12.2 Å². The second-order valence-electron chi connectivity index (χ2n) is 9.14. The van der Waals surface area contributed by atoms with Gasteiger partial charge in [0.15, 0.2) is 5.60 Å². The van der Waals surface area contributed by atoms with E-state index < -0.39 is 47.9 Å². The molecular weight excluding hydrogens is 478 g/mol. The molecule has 1 fully saturated rings. The van der Waals surface area contributed by atoms with Crippen LogP contribution in [0.4, 0.5) is 0 Å². The van der Waals surface area contributed by atoms with E-state index in [2.05, 4.69) is 5.32 Å². The van der Waals surface area contributed by atoms with Crippen molar-refractivity contribution in [2.45, 2.75) is 62.4 Å². The minimum absolute atomic E-state index is 0.0300. The average molecular weight is 514 g/mol. The number of carbonyl (C=O) groups excluding carboxylic acids is 2. The summed E-state index contributed by atoms with van der Waals surface area (Å²) < 4.78 is 16.7. The number of amides is 1. The fraction of sp³-hybridized carbons (Fsp3) is 0.429. The van der Waals surface area contributed by atoms with E-state index in [4.69, 9.17) is 14.2 Å². The van der Waals surface area contributed by atoms with Gasteiger partial charge in [-0.2, -0.15) is 0 Å². The molecule has 9 heteroatoms. The summed E-state index contributed by atoms with van der Waals surface area (Å²) >= 11 is 0. The molecular formula is C28H35NO8. The number of carbonyl (C=O) groups is 2. The molecule has 37 heavy (non-hydrogen) atoms. The predicted molar refractivity (Wildman–Crippen MR) is 136 cm³/mol. The van der Waals surface area contributed by atoms with Crippen LogP contribution in [0.25, 0.3) is 6.08 Å². The molecule has 0 radical (unpaired) electrons. The molecule has 2 aromatic carbocycles. The number of esters is 1. The number of hydrogen-bond donors (Lipinski definition) is 4. The molecule has 4 N–H and O–H groups in total. The number of ether oxygens (including phenoxy) is 3. The van der Waals surface area contributed by atoms with E-state index in [-0.39, 0.29) is 26.1 Å². The van der Waals surface area contributed by atoms with Crippen molar-refractivity contribution in [2.75, 3.05) is 13.7 Å². The lowest BCUT2D eigenvalue weighted by Gasteiger charge is -2.47. The van der Waals surface area contributed by atoms with Crippen LogP contribution in [0.3, 0.4) is 0 Å². The molecule has 0 aromatic heterocycles. The molecule has 0 spiro atoms. The number of nitrogens with one attached hydrogen (secondary N) is 1. The molecule has 3 rings (SSSR count). The molecule has 6 atom stereocenters. The first kappa shape index (κ1) is 28.5. The SMILES string of the molecule is COC(=O)[C@@]1(C/C=C/c2ccccc2)C[C@H](O)[C@@H](NC(C)=O)[C@H]([C@H](O)[C@H](O)COCc2ccccc2)O1. The van der Waals surface area contributed by atoms with Gasteiger partial charge >= 0.3 is 5.97 Å². The number of hydrogen-bond acceptors (Lipinski definition) is 8. The summed E-state index contributed by atoms with van der Waals surface area (Å²) in [5.74, 6) is -1.20. The summed E-state index contributed by atoms with van der Waals surface area (Å²) in [7, 11) is 1.21. The van der Waals surface area contributed by atoms with Gasteiger partial charge in [-0.25, -0.2) is 4.79 Å². The molecule has 1 saturated heterocycles. The van der Waals surface area contributed by atoms with Crippen LogP contribution in [0.1, 0.15) is 30.9 Å². The third-order valence-electron chi connectivity index (χ3n) is 6.28. The van der Waals surface area contributed by atoms with Crippen LogP contribution in [-0.2, 0) is 30.4 Å². The van der Waals surface area contributed by atoms with Crippen molar-refractivity contribution in [2.24, 2.45) is 0 Å². The molecule has 200 valence electrons. The highest BCUT2D eigenvalue weighted by atomic mass is 16.6. The first-order chi connectivity index (χ1) is 17.8. The first-order valence-electron chi connectivity index (χ1n) is 12.2. The number of aliphatic hydroxyl groups is 3. The van der Waals surface area contributed by atoms with Crippen LogP contribution in [0, 0.1) is 0 Å². The van der Waals surface area contributed by atoms with Gasteiger partial charge in [0, 0.05) is 19.8 Å². The van der Waals surface area contributed by atoms with Gasteiger partial charge < -0.3 is 34.8 Å². The quantitative estimate of drug-likeness (QED) is 0.333. The normalized spacial score (nSPS) is 25.4. The summed E-state index contributed by atoms with van der Waals surface area (Å²) in [5.41, 5.74) is 0.141. The first-order valence-corrected chi connectivity index (χ1v) is 12.2. The van der Waals surface area contributed by atoms with Gasteiger partial charge in [0.1, 0.15) is 18.3 Å². The number of rotatable bonds is 11. The summed E-state index contributed by atoms with van der Waals surface area (Å²) in [6, 6.07) is 17.7. The van der Waals surface area contributed by atoms with Gasteiger partial charge in [-0.3, -0.25) is 4.79 Å². The standard InChI is InChI=1S/C28H35NO8/c1-19(30)29-24-22(31)16-28(27(34)35-2,15-9-14-20-10-5-3-6-11-20)37-26(24)25(33)23(32)18-36-17-21-12-7-4-8-13-21/h3-14,22-26,31-33H,15-18H2,1-2H3,(H,29,30)/b14-9+/t22-,23+,24+,25+,26+,28+/m0/s1. The fourth-order valence-corrected chi connectivity index (χ4v) is 4.43. The van der Waals surface area contributed by atoms with Crippen molar-refractivity contribution >= 4 is 18.0 Å². The van der Waals surface area contributed by atoms with E-state index in [1.807, 2.05) is 60.7 Å². The van der Waals surface area contributed by atoms with Crippen molar-refractivity contribution in [1.29, 1.82) is 0 Å². The lowest BCUT2D eigenvalue weighted by atomic mass is 9.81. The Morgan fingerprint density at radius 2 is 1.78 bits per heavy atom. The van der Waals surface area contributed by atoms with Crippen LogP contribution in [0.5, 0.6) is 0 Å². The van der Waals surface area contributed by atoms with Crippen molar-refractivity contribution in [3.05, 3.63) is 77.9 Å². The van der Waals surface area contributed by atoms with Crippen LogP contribution in [0.15, 0.2) is 66.7 Å². The largest absolute Gasteiger partial charge is 0.467 e. The van der Waals surface area contributed by atoms with E-state index in [9.17, 15) is 24.9 Å². The lowest BCUT2D eigenvalue weighted by Crippen LogP contribution is -2.67. The molecule has 0 aliphatic carbocycles. The van der Waals surface area contributed by atoms with E-state index in [0.29, 0.717) is 0 Å². The van der Waals surface area contributed by atoms with Crippen molar-refractivity contribution < 1.29 is 39.1 Å². The fourth-order valence-electron chi connectivity index (χ4n) is 4.43. The molecule has 1 heterocycles. The highest BCUT2D eigenvalue weighted by Crippen LogP contribution is 2.36. The highest BCUT2D eigenvalue weighted by molar-refractivity contribution is 5.80.